The molecule has 4 heteroatoms. The molecule has 1 rings (SSSR count). The van der Waals surface area contributed by atoms with Gasteiger partial charge in [0.05, 0.1) is 11.1 Å². The quantitative estimate of drug-likeness (QED) is 0.596. The lowest BCUT2D eigenvalue weighted by molar-refractivity contribution is 0.101. The molecule has 0 heterocycles. The van der Waals surface area contributed by atoms with Gasteiger partial charge in [0.25, 0.3) is 0 Å². The smallest absolute Gasteiger partial charge is 0.159 e. The molecular weight excluding hydrogens is 272 g/mol. The van der Waals surface area contributed by atoms with Gasteiger partial charge >= 0.3 is 0 Å². The van der Waals surface area contributed by atoms with Crippen LogP contribution in [0.2, 0.25) is 0 Å². The van der Waals surface area contributed by atoms with E-state index in [4.69, 9.17) is 9.47 Å². The molecule has 0 unspecified atom stereocenters. The summed E-state index contributed by atoms with van der Waals surface area (Å²) >= 11 is 3.37. The molecule has 0 saturated carbocycles. The maximum atomic E-state index is 11.1. The fourth-order valence-electron chi connectivity index (χ4n) is 1.19. The molecule has 0 aliphatic rings. The van der Waals surface area contributed by atoms with E-state index in [0.717, 1.165) is 10.2 Å². The SMILES string of the molecule is CCOCCOc1ccc(C(C)=O)cc1Br. The number of halogens is 1. The van der Waals surface area contributed by atoms with Crippen LogP contribution in [0.4, 0.5) is 0 Å². The number of ether oxygens (including phenoxy) is 2. The van der Waals surface area contributed by atoms with Gasteiger partial charge in [-0.05, 0) is 48.0 Å². The van der Waals surface area contributed by atoms with Crippen LogP contribution in [-0.2, 0) is 4.74 Å². The molecule has 0 spiro atoms. The third-order valence-electron chi connectivity index (χ3n) is 2.03. The zero-order chi connectivity index (χ0) is 12.0. The van der Waals surface area contributed by atoms with Crippen molar-refractivity contribution < 1.29 is 14.3 Å². The van der Waals surface area contributed by atoms with Crippen molar-refractivity contribution in [2.45, 2.75) is 13.8 Å². The van der Waals surface area contributed by atoms with Gasteiger partial charge in [0.2, 0.25) is 0 Å². The van der Waals surface area contributed by atoms with Crippen LogP contribution in [0.15, 0.2) is 22.7 Å². The summed E-state index contributed by atoms with van der Waals surface area (Å²) in [5, 5.41) is 0. The minimum Gasteiger partial charge on any atom is -0.490 e. The van der Waals surface area contributed by atoms with E-state index >= 15 is 0 Å². The zero-order valence-corrected chi connectivity index (χ0v) is 11.0. The van der Waals surface area contributed by atoms with Gasteiger partial charge in [0.1, 0.15) is 12.4 Å². The van der Waals surface area contributed by atoms with Crippen LogP contribution in [0.3, 0.4) is 0 Å². The topological polar surface area (TPSA) is 35.5 Å². The number of carbonyl (C=O) groups excluding carboxylic acids is 1. The zero-order valence-electron chi connectivity index (χ0n) is 9.46. The van der Waals surface area contributed by atoms with Gasteiger partial charge in [-0.3, -0.25) is 4.79 Å². The molecular formula is C12H15BrO3. The summed E-state index contributed by atoms with van der Waals surface area (Å²) in [6.45, 7) is 5.24. The molecule has 0 bridgehead atoms. The first-order chi connectivity index (χ1) is 7.65. The average Bonchev–Trinajstić information content (AvgIpc) is 2.26. The summed E-state index contributed by atoms with van der Waals surface area (Å²) in [5.41, 5.74) is 0.670. The van der Waals surface area contributed by atoms with Gasteiger partial charge in [-0.1, -0.05) is 0 Å². The Bertz CT molecular complexity index is 363. The van der Waals surface area contributed by atoms with Crippen LogP contribution in [-0.4, -0.2) is 25.6 Å². The van der Waals surface area contributed by atoms with Crippen molar-refractivity contribution in [3.8, 4) is 5.75 Å². The average molecular weight is 287 g/mol. The summed E-state index contributed by atoms with van der Waals surface area (Å²) in [6, 6.07) is 5.30. The Morgan fingerprint density at radius 2 is 2.12 bits per heavy atom. The van der Waals surface area contributed by atoms with E-state index in [9.17, 15) is 4.79 Å². The minimum atomic E-state index is 0.0431. The monoisotopic (exact) mass is 286 g/mol. The van der Waals surface area contributed by atoms with Gasteiger partial charge in [0.15, 0.2) is 5.78 Å². The number of benzene rings is 1. The van der Waals surface area contributed by atoms with Gasteiger partial charge in [-0.2, -0.15) is 0 Å². The molecule has 0 aliphatic heterocycles. The molecule has 0 radical (unpaired) electrons. The van der Waals surface area contributed by atoms with Crippen LogP contribution in [0.5, 0.6) is 5.75 Å². The lowest BCUT2D eigenvalue weighted by atomic mass is 10.1. The molecule has 1 aromatic rings. The summed E-state index contributed by atoms with van der Waals surface area (Å²) in [7, 11) is 0. The molecule has 0 atom stereocenters. The summed E-state index contributed by atoms with van der Waals surface area (Å²) < 4.78 is 11.4. The van der Waals surface area contributed by atoms with E-state index < -0.39 is 0 Å². The second kappa shape index (κ2) is 6.66. The third kappa shape index (κ3) is 3.94. The Hall–Kier alpha value is -0.870. The maximum Gasteiger partial charge on any atom is 0.159 e. The second-order valence-corrected chi connectivity index (χ2v) is 4.10. The summed E-state index contributed by atoms with van der Waals surface area (Å²) in [6.07, 6.45) is 0. The van der Waals surface area contributed by atoms with E-state index in [2.05, 4.69) is 15.9 Å². The molecule has 3 nitrogen and oxygen atoms in total. The molecule has 16 heavy (non-hydrogen) atoms. The molecule has 0 fully saturated rings. The predicted molar refractivity (Wildman–Crippen MR) is 66.1 cm³/mol. The molecule has 88 valence electrons. The van der Waals surface area contributed by atoms with E-state index in [1.807, 2.05) is 6.92 Å². The van der Waals surface area contributed by atoms with Crippen molar-refractivity contribution in [2.24, 2.45) is 0 Å². The highest BCUT2D eigenvalue weighted by Gasteiger charge is 2.05. The second-order valence-electron chi connectivity index (χ2n) is 3.25. The van der Waals surface area contributed by atoms with Crippen molar-refractivity contribution in [3.05, 3.63) is 28.2 Å². The van der Waals surface area contributed by atoms with Crippen molar-refractivity contribution in [2.75, 3.05) is 19.8 Å². The van der Waals surface area contributed by atoms with E-state index in [1.165, 1.54) is 6.92 Å². The van der Waals surface area contributed by atoms with E-state index in [-0.39, 0.29) is 5.78 Å². The lowest BCUT2D eigenvalue weighted by Gasteiger charge is -2.08. The molecule has 0 saturated heterocycles. The number of rotatable bonds is 6. The van der Waals surface area contributed by atoms with Crippen LogP contribution >= 0.6 is 15.9 Å². The molecule has 1 aromatic carbocycles. The van der Waals surface area contributed by atoms with Gasteiger partial charge in [0, 0.05) is 12.2 Å². The van der Waals surface area contributed by atoms with E-state index in [1.54, 1.807) is 18.2 Å². The normalized spacial score (nSPS) is 10.2. The van der Waals surface area contributed by atoms with E-state index in [0.29, 0.717) is 25.4 Å². The molecule has 0 aliphatic carbocycles. The standard InChI is InChI=1S/C12H15BrO3/c1-3-15-6-7-16-12-5-4-10(9(2)14)8-11(12)13/h4-5,8H,3,6-7H2,1-2H3. The predicted octanol–water partition coefficient (Wildman–Crippen LogP) is 3.07. The van der Waals surface area contributed by atoms with Gasteiger partial charge in [-0.25, -0.2) is 0 Å². The number of Topliss-reactive ketones (excluding diaryl/α,β-unsaturated/α-hetero) is 1. The van der Waals surface area contributed by atoms with Crippen molar-refractivity contribution in [1.82, 2.24) is 0 Å². The van der Waals surface area contributed by atoms with Crippen molar-refractivity contribution in [3.63, 3.8) is 0 Å². The Morgan fingerprint density at radius 3 is 2.69 bits per heavy atom. The highest BCUT2D eigenvalue weighted by molar-refractivity contribution is 9.10. The molecule has 0 aromatic heterocycles. The van der Waals surface area contributed by atoms with Crippen LogP contribution in [0.1, 0.15) is 24.2 Å². The van der Waals surface area contributed by atoms with Gasteiger partial charge < -0.3 is 9.47 Å². The first kappa shape index (κ1) is 13.2. The highest BCUT2D eigenvalue weighted by atomic mass is 79.9. The fraction of sp³-hybridized carbons (Fsp3) is 0.417. The highest BCUT2D eigenvalue weighted by Crippen LogP contribution is 2.26. The summed E-state index contributed by atoms with van der Waals surface area (Å²) in [5.74, 6) is 0.770. The Labute approximate surface area is 104 Å². The fourth-order valence-corrected chi connectivity index (χ4v) is 1.69. The van der Waals surface area contributed by atoms with Crippen LogP contribution < -0.4 is 4.74 Å². The van der Waals surface area contributed by atoms with Crippen molar-refractivity contribution in [1.29, 1.82) is 0 Å². The van der Waals surface area contributed by atoms with Gasteiger partial charge in [-0.15, -0.1) is 0 Å². The third-order valence-corrected chi connectivity index (χ3v) is 2.65. The number of hydrogen-bond donors (Lipinski definition) is 0. The van der Waals surface area contributed by atoms with Crippen molar-refractivity contribution >= 4 is 21.7 Å². The molecule has 0 amide bonds. The van der Waals surface area contributed by atoms with Crippen LogP contribution in [0.25, 0.3) is 0 Å². The summed E-state index contributed by atoms with van der Waals surface area (Å²) in [4.78, 5) is 11.1. The van der Waals surface area contributed by atoms with Crippen LogP contribution in [0, 0.1) is 0 Å². The minimum absolute atomic E-state index is 0.0431. The number of carbonyl (C=O) groups is 1. The lowest BCUT2D eigenvalue weighted by Crippen LogP contribution is -2.06. The largest absolute Gasteiger partial charge is 0.490 e. The Kier molecular flexibility index (Phi) is 5.49. The molecule has 0 N–H and O–H groups in total. The number of hydrogen-bond acceptors (Lipinski definition) is 3. The Balaban J connectivity index is 2.57. The Morgan fingerprint density at radius 1 is 1.38 bits per heavy atom. The maximum absolute atomic E-state index is 11.1. The number of ketones is 1. The first-order valence-electron chi connectivity index (χ1n) is 5.16. The first-order valence-corrected chi connectivity index (χ1v) is 5.95.